The van der Waals surface area contributed by atoms with Crippen LogP contribution in [0.1, 0.15) is 5.69 Å². The maximum absolute atomic E-state index is 12.3. The van der Waals surface area contributed by atoms with Crippen LogP contribution in [0.2, 0.25) is 0 Å². The highest BCUT2D eigenvalue weighted by atomic mass is 19.2. The third kappa shape index (κ3) is 1.04. The summed E-state index contributed by atoms with van der Waals surface area (Å²) in [7, 11) is 0. The van der Waals surface area contributed by atoms with Gasteiger partial charge in [-0.3, -0.25) is 4.98 Å². The van der Waals surface area contributed by atoms with Crippen LogP contribution in [-0.2, 0) is 0 Å². The van der Waals surface area contributed by atoms with Crippen molar-refractivity contribution >= 4 is 0 Å². The fourth-order valence-corrected chi connectivity index (χ4v) is 0.517. The molecule has 0 aliphatic carbocycles. The summed E-state index contributed by atoms with van der Waals surface area (Å²) in [6.45, 7) is 1.42. The Hall–Kier alpha value is -0.990. The average molecular weight is 129 g/mol. The third-order valence-corrected chi connectivity index (χ3v) is 1.02. The molecular formula is C6H5F2N. The van der Waals surface area contributed by atoms with E-state index in [9.17, 15) is 8.78 Å². The van der Waals surface area contributed by atoms with E-state index in [0.29, 0.717) is 0 Å². The molecule has 1 nitrogen and oxygen atoms in total. The second-order valence-corrected chi connectivity index (χ2v) is 1.69. The summed E-state index contributed by atoms with van der Waals surface area (Å²) in [5.41, 5.74) is 0.0926. The number of rotatable bonds is 0. The molecule has 0 bridgehead atoms. The molecule has 0 N–H and O–H groups in total. The Kier molecular flexibility index (Phi) is 1.42. The first kappa shape index (κ1) is 6.13. The Bertz CT molecular complexity index is 202. The van der Waals surface area contributed by atoms with Crippen molar-refractivity contribution in [3.63, 3.8) is 0 Å². The van der Waals surface area contributed by atoms with E-state index in [1.54, 1.807) is 0 Å². The monoisotopic (exact) mass is 129 g/mol. The zero-order valence-corrected chi connectivity index (χ0v) is 4.86. The molecule has 0 saturated heterocycles. The van der Waals surface area contributed by atoms with E-state index in [2.05, 4.69) is 4.98 Å². The minimum Gasteiger partial charge on any atom is -0.258 e. The van der Waals surface area contributed by atoms with Crippen molar-refractivity contribution in [3.05, 3.63) is 29.6 Å². The van der Waals surface area contributed by atoms with Gasteiger partial charge in [-0.25, -0.2) is 8.78 Å². The minimum atomic E-state index is -0.863. The van der Waals surface area contributed by atoms with Gasteiger partial charge in [-0.15, -0.1) is 0 Å². The van der Waals surface area contributed by atoms with Crippen LogP contribution >= 0.6 is 0 Å². The highest BCUT2D eigenvalue weighted by molar-refractivity contribution is 5.06. The van der Waals surface area contributed by atoms with Gasteiger partial charge >= 0.3 is 0 Å². The molecule has 0 atom stereocenters. The summed E-state index contributed by atoms with van der Waals surface area (Å²) < 4.78 is 24.5. The van der Waals surface area contributed by atoms with E-state index in [-0.39, 0.29) is 5.69 Å². The number of pyridine rings is 1. The zero-order valence-electron chi connectivity index (χ0n) is 4.86. The van der Waals surface area contributed by atoms with Crippen molar-refractivity contribution in [1.29, 1.82) is 0 Å². The van der Waals surface area contributed by atoms with Crippen LogP contribution in [0.15, 0.2) is 12.3 Å². The van der Waals surface area contributed by atoms with Crippen LogP contribution in [0.25, 0.3) is 0 Å². The van der Waals surface area contributed by atoms with Gasteiger partial charge in [-0.05, 0) is 13.0 Å². The van der Waals surface area contributed by atoms with Gasteiger partial charge in [-0.1, -0.05) is 0 Å². The Morgan fingerprint density at radius 3 is 2.56 bits per heavy atom. The predicted molar refractivity (Wildman–Crippen MR) is 28.9 cm³/mol. The lowest BCUT2D eigenvalue weighted by Gasteiger charge is -1.92. The van der Waals surface area contributed by atoms with Crippen molar-refractivity contribution in [2.24, 2.45) is 0 Å². The maximum Gasteiger partial charge on any atom is 0.179 e. The van der Waals surface area contributed by atoms with Crippen molar-refractivity contribution in [2.45, 2.75) is 6.92 Å². The number of aromatic nitrogens is 1. The van der Waals surface area contributed by atoms with Crippen molar-refractivity contribution < 1.29 is 8.78 Å². The lowest BCUT2D eigenvalue weighted by Crippen LogP contribution is -1.90. The zero-order chi connectivity index (χ0) is 6.85. The highest BCUT2D eigenvalue weighted by Gasteiger charge is 2.02. The third-order valence-electron chi connectivity index (χ3n) is 1.02. The summed E-state index contributed by atoms with van der Waals surface area (Å²) in [4.78, 5) is 3.52. The molecule has 0 aliphatic rings. The Morgan fingerprint density at radius 2 is 2.11 bits per heavy atom. The minimum absolute atomic E-state index is 0.0926. The van der Waals surface area contributed by atoms with Crippen molar-refractivity contribution in [3.8, 4) is 0 Å². The molecule has 0 aromatic carbocycles. The fourth-order valence-electron chi connectivity index (χ4n) is 0.517. The van der Waals surface area contributed by atoms with Gasteiger partial charge < -0.3 is 0 Å². The first-order chi connectivity index (χ1) is 4.22. The Labute approximate surface area is 51.3 Å². The fraction of sp³-hybridized carbons (Fsp3) is 0.167. The van der Waals surface area contributed by atoms with E-state index in [1.165, 1.54) is 13.1 Å². The van der Waals surface area contributed by atoms with Crippen LogP contribution in [0, 0.1) is 18.6 Å². The molecule has 48 valence electrons. The van der Waals surface area contributed by atoms with Gasteiger partial charge in [0.05, 0.1) is 5.69 Å². The van der Waals surface area contributed by atoms with Gasteiger partial charge in [0.15, 0.2) is 11.6 Å². The number of aryl methyl sites for hydroxylation is 1. The summed E-state index contributed by atoms with van der Waals surface area (Å²) in [5.74, 6) is -1.71. The first-order valence-electron chi connectivity index (χ1n) is 2.48. The molecule has 0 amide bonds. The van der Waals surface area contributed by atoms with Gasteiger partial charge in [0, 0.05) is 6.20 Å². The predicted octanol–water partition coefficient (Wildman–Crippen LogP) is 1.67. The van der Waals surface area contributed by atoms with Gasteiger partial charge in [-0.2, -0.15) is 0 Å². The summed E-state index contributed by atoms with van der Waals surface area (Å²) in [6, 6.07) is 0.988. The largest absolute Gasteiger partial charge is 0.258 e. The van der Waals surface area contributed by atoms with Crippen LogP contribution < -0.4 is 0 Å². The molecule has 3 heteroatoms. The summed E-state index contributed by atoms with van der Waals surface area (Å²) in [6.07, 6.45) is 1.23. The molecule has 1 aromatic rings. The Balaban J connectivity index is 3.25. The number of hydrogen-bond donors (Lipinski definition) is 0. The van der Waals surface area contributed by atoms with Gasteiger partial charge in [0.25, 0.3) is 0 Å². The molecule has 0 unspecified atom stereocenters. The van der Waals surface area contributed by atoms with Crippen LogP contribution in [0.4, 0.5) is 8.78 Å². The van der Waals surface area contributed by atoms with E-state index in [0.717, 1.165) is 6.07 Å². The molecule has 0 aliphatic heterocycles. The standard InChI is InChI=1S/C6H5F2N/c1-4-6(8)5(7)2-3-9-4/h2-3H,1H3. The molecule has 1 heterocycles. The number of halogens is 2. The van der Waals surface area contributed by atoms with E-state index >= 15 is 0 Å². The second-order valence-electron chi connectivity index (χ2n) is 1.69. The molecule has 9 heavy (non-hydrogen) atoms. The lowest BCUT2D eigenvalue weighted by atomic mass is 10.3. The highest BCUT2D eigenvalue weighted by Crippen LogP contribution is 2.05. The SMILES string of the molecule is Cc1nccc(F)c1F. The molecule has 0 fully saturated rings. The average Bonchev–Trinajstić information content (AvgIpc) is 1.83. The van der Waals surface area contributed by atoms with E-state index < -0.39 is 11.6 Å². The molecule has 0 spiro atoms. The van der Waals surface area contributed by atoms with Gasteiger partial charge in [0.2, 0.25) is 0 Å². The lowest BCUT2D eigenvalue weighted by molar-refractivity contribution is 0.497. The normalized spacial score (nSPS) is 9.67. The Morgan fingerprint density at radius 1 is 1.44 bits per heavy atom. The quantitative estimate of drug-likeness (QED) is 0.519. The molecule has 0 saturated carbocycles. The van der Waals surface area contributed by atoms with E-state index in [1.807, 2.05) is 0 Å². The molecular weight excluding hydrogens is 124 g/mol. The summed E-state index contributed by atoms with van der Waals surface area (Å²) in [5, 5.41) is 0. The molecule has 0 radical (unpaired) electrons. The summed E-state index contributed by atoms with van der Waals surface area (Å²) >= 11 is 0. The molecule has 1 rings (SSSR count). The number of nitrogens with zero attached hydrogens (tertiary/aromatic N) is 1. The van der Waals surface area contributed by atoms with Crippen LogP contribution in [-0.4, -0.2) is 4.98 Å². The van der Waals surface area contributed by atoms with Crippen molar-refractivity contribution in [1.82, 2.24) is 4.98 Å². The topological polar surface area (TPSA) is 12.9 Å². The first-order valence-corrected chi connectivity index (χ1v) is 2.48. The molecule has 1 aromatic heterocycles. The number of hydrogen-bond acceptors (Lipinski definition) is 1. The smallest absolute Gasteiger partial charge is 0.179 e. The van der Waals surface area contributed by atoms with Crippen molar-refractivity contribution in [2.75, 3.05) is 0 Å². The maximum atomic E-state index is 12.3. The van der Waals surface area contributed by atoms with Crippen LogP contribution in [0.5, 0.6) is 0 Å². The van der Waals surface area contributed by atoms with Gasteiger partial charge in [0.1, 0.15) is 0 Å². The van der Waals surface area contributed by atoms with Crippen LogP contribution in [0.3, 0.4) is 0 Å². The van der Waals surface area contributed by atoms with E-state index in [4.69, 9.17) is 0 Å². The second kappa shape index (κ2) is 2.09.